The minimum absolute atomic E-state index is 0.0366. The van der Waals surface area contributed by atoms with Gasteiger partial charge in [0.15, 0.2) is 0 Å². The Morgan fingerprint density at radius 2 is 2.04 bits per heavy atom. The summed E-state index contributed by atoms with van der Waals surface area (Å²) in [5.41, 5.74) is 1.01. The predicted octanol–water partition coefficient (Wildman–Crippen LogP) is 2.68. The van der Waals surface area contributed by atoms with Crippen LogP contribution in [0.4, 0.5) is 0 Å². The molecular formula is C18H16N2O4. The third kappa shape index (κ3) is 4.58. The lowest BCUT2D eigenvalue weighted by Crippen LogP contribution is -2.23. The maximum absolute atomic E-state index is 12.0. The number of hydrogen-bond acceptors (Lipinski definition) is 5. The van der Waals surface area contributed by atoms with Gasteiger partial charge in [0.05, 0.1) is 25.0 Å². The van der Waals surface area contributed by atoms with Gasteiger partial charge in [-0.15, -0.1) is 0 Å². The van der Waals surface area contributed by atoms with Crippen LogP contribution in [-0.2, 0) is 16.1 Å². The van der Waals surface area contributed by atoms with E-state index in [2.05, 4.69) is 5.32 Å². The molecule has 6 nitrogen and oxygen atoms in total. The first-order valence-corrected chi connectivity index (χ1v) is 7.33. The zero-order valence-corrected chi connectivity index (χ0v) is 13.1. The second-order valence-corrected chi connectivity index (χ2v) is 4.77. The lowest BCUT2D eigenvalue weighted by Gasteiger charge is -2.03. The van der Waals surface area contributed by atoms with Crippen LogP contribution in [0.1, 0.15) is 28.6 Å². The van der Waals surface area contributed by atoms with Gasteiger partial charge in [-0.3, -0.25) is 4.79 Å². The van der Waals surface area contributed by atoms with Gasteiger partial charge >= 0.3 is 5.97 Å². The first-order valence-electron chi connectivity index (χ1n) is 7.33. The number of nitrogens with one attached hydrogen (secondary N) is 1. The Morgan fingerprint density at radius 3 is 2.62 bits per heavy atom. The van der Waals surface area contributed by atoms with E-state index < -0.39 is 11.9 Å². The van der Waals surface area contributed by atoms with Crippen molar-refractivity contribution in [1.82, 2.24) is 5.32 Å². The Hall–Kier alpha value is -3.33. The molecule has 0 aliphatic carbocycles. The van der Waals surface area contributed by atoms with Crippen LogP contribution in [0.25, 0.3) is 6.08 Å². The van der Waals surface area contributed by atoms with Crippen LogP contribution in [0.2, 0.25) is 0 Å². The number of carbonyl (C=O) groups excluding carboxylic acids is 2. The highest BCUT2D eigenvalue weighted by molar-refractivity contribution is 6.01. The molecule has 1 aromatic carbocycles. The molecule has 0 saturated heterocycles. The normalized spacial score (nSPS) is 10.8. The van der Waals surface area contributed by atoms with E-state index in [1.54, 1.807) is 43.3 Å². The van der Waals surface area contributed by atoms with Gasteiger partial charge in [0, 0.05) is 0 Å². The highest BCUT2D eigenvalue weighted by Gasteiger charge is 2.10. The van der Waals surface area contributed by atoms with E-state index in [1.807, 2.05) is 6.07 Å². The molecule has 1 heterocycles. The molecule has 1 amide bonds. The van der Waals surface area contributed by atoms with Gasteiger partial charge in [0.1, 0.15) is 17.4 Å². The average molecular weight is 324 g/mol. The van der Waals surface area contributed by atoms with Crippen molar-refractivity contribution in [2.75, 3.05) is 6.61 Å². The Bertz CT molecular complexity index is 768. The molecule has 1 N–H and O–H groups in total. The lowest BCUT2D eigenvalue weighted by atomic mass is 10.1. The highest BCUT2D eigenvalue weighted by Crippen LogP contribution is 2.10. The molecule has 0 saturated carbocycles. The average Bonchev–Trinajstić information content (AvgIpc) is 3.12. The number of nitrogens with zero attached hydrogens (tertiary/aromatic N) is 1. The lowest BCUT2D eigenvalue weighted by molar-refractivity contribution is -0.117. The van der Waals surface area contributed by atoms with E-state index in [0.717, 1.165) is 0 Å². The maximum Gasteiger partial charge on any atom is 0.338 e. The van der Waals surface area contributed by atoms with Crippen LogP contribution in [0.15, 0.2) is 52.7 Å². The van der Waals surface area contributed by atoms with E-state index in [4.69, 9.17) is 14.4 Å². The number of hydrogen-bond donors (Lipinski definition) is 1. The summed E-state index contributed by atoms with van der Waals surface area (Å²) in [6, 6.07) is 11.8. The summed E-state index contributed by atoms with van der Waals surface area (Å²) in [6.45, 7) is 2.23. The first kappa shape index (κ1) is 17.0. The molecule has 122 valence electrons. The fourth-order valence-electron chi connectivity index (χ4n) is 1.92. The maximum atomic E-state index is 12.0. The SMILES string of the molecule is CCOC(=O)c1ccc(/C=C(\C#N)C(=O)NCc2ccco2)cc1. The zero-order chi connectivity index (χ0) is 17.4. The molecule has 24 heavy (non-hydrogen) atoms. The topological polar surface area (TPSA) is 92.3 Å². The number of rotatable bonds is 6. The summed E-state index contributed by atoms with van der Waals surface area (Å²) < 4.78 is 10.0. The van der Waals surface area contributed by atoms with E-state index in [1.165, 1.54) is 12.3 Å². The smallest absolute Gasteiger partial charge is 0.338 e. The molecule has 0 aliphatic rings. The molecule has 0 atom stereocenters. The van der Waals surface area contributed by atoms with E-state index >= 15 is 0 Å². The number of furan rings is 1. The fourth-order valence-corrected chi connectivity index (χ4v) is 1.92. The minimum atomic E-state index is -0.497. The molecule has 0 unspecified atom stereocenters. The summed E-state index contributed by atoms with van der Waals surface area (Å²) in [6.07, 6.45) is 2.96. The van der Waals surface area contributed by atoms with E-state index in [-0.39, 0.29) is 12.1 Å². The standard InChI is InChI=1S/C18H16N2O4/c1-2-23-18(22)14-7-5-13(6-8-14)10-15(11-19)17(21)20-12-16-4-3-9-24-16/h3-10H,2,12H2,1H3,(H,20,21)/b15-10+. The third-order valence-electron chi connectivity index (χ3n) is 3.10. The van der Waals surface area contributed by atoms with E-state index in [0.29, 0.717) is 23.5 Å². The summed E-state index contributed by atoms with van der Waals surface area (Å²) in [7, 11) is 0. The fraction of sp³-hybridized carbons (Fsp3) is 0.167. The van der Waals surface area contributed by atoms with Crippen LogP contribution in [0, 0.1) is 11.3 Å². The summed E-state index contributed by atoms with van der Waals surface area (Å²) in [5, 5.41) is 11.8. The molecule has 2 rings (SSSR count). The Kier molecular flexibility index (Phi) is 5.92. The largest absolute Gasteiger partial charge is 0.467 e. The molecular weight excluding hydrogens is 308 g/mol. The Labute approximate surface area is 139 Å². The zero-order valence-electron chi connectivity index (χ0n) is 13.1. The van der Waals surface area contributed by atoms with Gasteiger partial charge in [0.25, 0.3) is 5.91 Å². The van der Waals surface area contributed by atoms with E-state index in [9.17, 15) is 9.59 Å². The second-order valence-electron chi connectivity index (χ2n) is 4.77. The van der Waals surface area contributed by atoms with Gasteiger partial charge in [-0.1, -0.05) is 12.1 Å². The quantitative estimate of drug-likeness (QED) is 0.501. The number of nitriles is 1. The third-order valence-corrected chi connectivity index (χ3v) is 3.10. The molecule has 0 spiro atoms. The van der Waals surface area contributed by atoms with Crippen LogP contribution in [0.5, 0.6) is 0 Å². The molecule has 0 aliphatic heterocycles. The number of carbonyl (C=O) groups is 2. The Balaban J connectivity index is 2.05. The van der Waals surface area contributed by atoms with Gasteiger partial charge in [0.2, 0.25) is 0 Å². The first-order chi connectivity index (χ1) is 11.6. The van der Waals surface area contributed by atoms with Crippen LogP contribution in [-0.4, -0.2) is 18.5 Å². The molecule has 2 aromatic rings. The molecule has 0 radical (unpaired) electrons. The highest BCUT2D eigenvalue weighted by atomic mass is 16.5. The number of ether oxygens (including phenoxy) is 1. The van der Waals surface area contributed by atoms with Crippen molar-refractivity contribution in [3.8, 4) is 6.07 Å². The van der Waals surface area contributed by atoms with Crippen molar-refractivity contribution < 1.29 is 18.7 Å². The monoisotopic (exact) mass is 324 g/mol. The van der Waals surface area contributed by atoms with Crippen molar-refractivity contribution in [1.29, 1.82) is 5.26 Å². The van der Waals surface area contributed by atoms with Crippen molar-refractivity contribution >= 4 is 18.0 Å². The summed E-state index contributed by atoms with van der Waals surface area (Å²) in [4.78, 5) is 23.6. The van der Waals surface area contributed by atoms with Gasteiger partial charge < -0.3 is 14.5 Å². The van der Waals surface area contributed by atoms with Gasteiger partial charge in [-0.05, 0) is 42.8 Å². The number of amides is 1. The predicted molar refractivity (Wildman–Crippen MR) is 86.5 cm³/mol. The molecule has 0 bridgehead atoms. The summed E-state index contributed by atoms with van der Waals surface area (Å²) >= 11 is 0. The summed E-state index contributed by atoms with van der Waals surface area (Å²) in [5.74, 6) is -0.312. The van der Waals surface area contributed by atoms with Crippen LogP contribution < -0.4 is 5.32 Å². The Morgan fingerprint density at radius 1 is 1.29 bits per heavy atom. The van der Waals surface area contributed by atoms with Crippen LogP contribution in [0.3, 0.4) is 0 Å². The van der Waals surface area contributed by atoms with Crippen molar-refractivity contribution in [3.63, 3.8) is 0 Å². The van der Waals surface area contributed by atoms with Gasteiger partial charge in [-0.2, -0.15) is 5.26 Å². The molecule has 6 heteroatoms. The molecule has 0 fully saturated rings. The number of benzene rings is 1. The van der Waals surface area contributed by atoms with Crippen molar-refractivity contribution in [3.05, 3.63) is 65.1 Å². The minimum Gasteiger partial charge on any atom is -0.467 e. The van der Waals surface area contributed by atoms with Crippen LogP contribution >= 0.6 is 0 Å². The van der Waals surface area contributed by atoms with Crippen molar-refractivity contribution in [2.45, 2.75) is 13.5 Å². The van der Waals surface area contributed by atoms with Gasteiger partial charge in [-0.25, -0.2) is 4.79 Å². The molecule has 1 aromatic heterocycles. The van der Waals surface area contributed by atoms with Crippen molar-refractivity contribution in [2.24, 2.45) is 0 Å². The number of esters is 1. The second kappa shape index (κ2) is 8.34.